The largest absolute Gasteiger partial charge is 0.381 e. The second-order valence-electron chi connectivity index (χ2n) is 6.38. The third kappa shape index (κ3) is 19.5. The number of hydrogen-bond acceptors (Lipinski definition) is 5. The minimum absolute atomic E-state index is 0.124. The van der Waals surface area contributed by atoms with Gasteiger partial charge in [0, 0.05) is 19.6 Å². The highest BCUT2D eigenvalue weighted by atomic mass is 16.5. The van der Waals surface area contributed by atoms with Crippen molar-refractivity contribution in [1.29, 1.82) is 0 Å². The second-order valence-corrected chi connectivity index (χ2v) is 6.38. The van der Waals surface area contributed by atoms with Crippen LogP contribution in [0.4, 0.5) is 0 Å². The average Bonchev–Trinajstić information content (AvgIpc) is 2.48. The summed E-state index contributed by atoms with van der Waals surface area (Å²) in [6.45, 7) is 12.1. The smallest absolute Gasteiger partial charge is 0.158 e. The third-order valence-electron chi connectivity index (χ3n) is 3.13. The van der Waals surface area contributed by atoms with Crippen LogP contribution in [0.3, 0.4) is 0 Å². The Morgan fingerprint density at radius 3 is 2.09 bits per heavy atom. The van der Waals surface area contributed by atoms with Gasteiger partial charge in [0.05, 0.1) is 32.5 Å². The van der Waals surface area contributed by atoms with Gasteiger partial charge in [-0.1, -0.05) is 13.8 Å². The molecule has 0 saturated heterocycles. The molecule has 23 heavy (non-hydrogen) atoms. The lowest BCUT2D eigenvalue weighted by Gasteiger charge is -2.08. The van der Waals surface area contributed by atoms with E-state index >= 15 is 0 Å². The van der Waals surface area contributed by atoms with Crippen LogP contribution in [0.1, 0.15) is 53.4 Å². The Kier molecular flexibility index (Phi) is 16.0. The summed E-state index contributed by atoms with van der Waals surface area (Å²) in [5.41, 5.74) is 0. The summed E-state index contributed by atoms with van der Waals surface area (Å²) in [6, 6.07) is 0. The van der Waals surface area contributed by atoms with Crippen molar-refractivity contribution < 1.29 is 23.7 Å². The Morgan fingerprint density at radius 1 is 0.783 bits per heavy atom. The molecule has 0 radical (unpaired) electrons. The first-order valence-corrected chi connectivity index (χ1v) is 8.89. The molecule has 0 atom stereocenters. The highest BCUT2D eigenvalue weighted by molar-refractivity contribution is 5.79. The molecule has 0 bridgehead atoms. The van der Waals surface area contributed by atoms with Crippen LogP contribution < -0.4 is 0 Å². The maximum absolute atomic E-state index is 11.6. The molecule has 0 fully saturated rings. The molecule has 0 aromatic heterocycles. The molecule has 0 heterocycles. The molecule has 0 aliphatic carbocycles. The number of rotatable bonds is 17. The molecule has 0 aromatic carbocycles. The summed E-state index contributed by atoms with van der Waals surface area (Å²) >= 11 is 0. The first-order valence-electron chi connectivity index (χ1n) is 8.89. The van der Waals surface area contributed by atoms with Crippen LogP contribution >= 0.6 is 0 Å². The normalized spacial score (nSPS) is 11.6. The third-order valence-corrected chi connectivity index (χ3v) is 3.13. The van der Waals surface area contributed by atoms with Gasteiger partial charge < -0.3 is 18.9 Å². The molecule has 0 amide bonds. The Balaban J connectivity index is 3.19. The molecular weight excluding hydrogens is 296 g/mol. The lowest BCUT2D eigenvalue weighted by Crippen LogP contribution is -2.15. The fraction of sp³-hybridized carbons (Fsp3) is 0.944. The molecule has 0 rings (SSSR count). The Hall–Kier alpha value is -0.490. The van der Waals surface area contributed by atoms with Crippen molar-refractivity contribution >= 4 is 5.78 Å². The zero-order valence-electron chi connectivity index (χ0n) is 15.5. The first kappa shape index (κ1) is 22.5. The molecule has 0 saturated carbocycles. The predicted molar refractivity (Wildman–Crippen MR) is 91.9 cm³/mol. The number of hydrogen-bond donors (Lipinski definition) is 0. The molecular formula is C18H36O5. The molecule has 5 heteroatoms. The van der Waals surface area contributed by atoms with Gasteiger partial charge in [-0.25, -0.2) is 0 Å². The zero-order chi connectivity index (χ0) is 17.3. The molecule has 0 aliphatic rings. The highest BCUT2D eigenvalue weighted by Crippen LogP contribution is 2.03. The quantitative estimate of drug-likeness (QED) is 0.383. The monoisotopic (exact) mass is 332 g/mol. The van der Waals surface area contributed by atoms with E-state index in [0.717, 1.165) is 25.4 Å². The van der Waals surface area contributed by atoms with Gasteiger partial charge in [-0.15, -0.1) is 0 Å². The van der Waals surface area contributed by atoms with Crippen LogP contribution in [0.15, 0.2) is 0 Å². The molecule has 0 spiro atoms. The van der Waals surface area contributed by atoms with Gasteiger partial charge in [-0.3, -0.25) is 4.79 Å². The van der Waals surface area contributed by atoms with E-state index in [9.17, 15) is 4.79 Å². The standard InChI is InChI=1S/C18H36O5/c1-16(2)7-5-9-20-10-6-8-18(19)15-22-12-11-21-13-14-23-17(3)4/h16-17H,5-15H2,1-4H3. The van der Waals surface area contributed by atoms with Gasteiger partial charge in [0.15, 0.2) is 5.78 Å². The van der Waals surface area contributed by atoms with Crippen LogP contribution in [-0.2, 0) is 23.7 Å². The van der Waals surface area contributed by atoms with E-state index in [1.165, 1.54) is 6.42 Å². The van der Waals surface area contributed by atoms with Crippen molar-refractivity contribution in [3.8, 4) is 0 Å². The molecule has 0 aromatic rings. The van der Waals surface area contributed by atoms with E-state index in [1.807, 2.05) is 13.8 Å². The van der Waals surface area contributed by atoms with Gasteiger partial charge in [0.2, 0.25) is 0 Å². The Labute approximate surface area is 142 Å². The van der Waals surface area contributed by atoms with Crippen LogP contribution in [0.5, 0.6) is 0 Å². The van der Waals surface area contributed by atoms with Gasteiger partial charge >= 0.3 is 0 Å². The van der Waals surface area contributed by atoms with Crippen LogP contribution in [0, 0.1) is 5.92 Å². The summed E-state index contributed by atoms with van der Waals surface area (Å²) < 4.78 is 21.5. The number of Topliss-reactive ketones (excluding diaryl/α,β-unsaturated/α-hetero) is 1. The summed E-state index contributed by atoms with van der Waals surface area (Å²) in [4.78, 5) is 11.6. The molecule has 0 N–H and O–H groups in total. The van der Waals surface area contributed by atoms with Crippen molar-refractivity contribution in [2.75, 3.05) is 46.2 Å². The molecule has 5 nitrogen and oxygen atoms in total. The maximum Gasteiger partial charge on any atom is 0.158 e. The minimum atomic E-state index is 0.124. The number of carbonyl (C=O) groups excluding carboxylic acids is 1. The SMILES string of the molecule is CC(C)CCCOCCCC(=O)COCCOCCOC(C)C. The first-order chi connectivity index (χ1) is 11.0. The van der Waals surface area contributed by atoms with Gasteiger partial charge in [-0.2, -0.15) is 0 Å². The van der Waals surface area contributed by atoms with Gasteiger partial charge in [0.1, 0.15) is 6.61 Å². The van der Waals surface area contributed by atoms with Crippen molar-refractivity contribution in [2.24, 2.45) is 5.92 Å². The lowest BCUT2D eigenvalue weighted by molar-refractivity contribution is -0.124. The predicted octanol–water partition coefficient (Wildman–Crippen LogP) is 3.25. The average molecular weight is 332 g/mol. The number of ether oxygens (including phenoxy) is 4. The fourth-order valence-corrected chi connectivity index (χ4v) is 1.89. The maximum atomic E-state index is 11.6. The molecule has 138 valence electrons. The molecule has 0 aliphatic heterocycles. The topological polar surface area (TPSA) is 54.0 Å². The fourth-order valence-electron chi connectivity index (χ4n) is 1.89. The minimum Gasteiger partial charge on any atom is -0.381 e. The van der Waals surface area contributed by atoms with Crippen molar-refractivity contribution in [2.45, 2.75) is 59.5 Å². The second kappa shape index (κ2) is 16.4. The van der Waals surface area contributed by atoms with E-state index < -0.39 is 0 Å². The number of carbonyl (C=O) groups is 1. The highest BCUT2D eigenvalue weighted by Gasteiger charge is 2.02. The van der Waals surface area contributed by atoms with Crippen molar-refractivity contribution in [3.05, 3.63) is 0 Å². The van der Waals surface area contributed by atoms with E-state index in [0.29, 0.717) is 39.5 Å². The van der Waals surface area contributed by atoms with E-state index in [4.69, 9.17) is 18.9 Å². The summed E-state index contributed by atoms with van der Waals surface area (Å²) in [7, 11) is 0. The number of ketones is 1. The van der Waals surface area contributed by atoms with Crippen molar-refractivity contribution in [3.63, 3.8) is 0 Å². The summed E-state index contributed by atoms with van der Waals surface area (Å²) in [5, 5.41) is 0. The molecule has 0 unspecified atom stereocenters. The Morgan fingerprint density at radius 2 is 1.39 bits per heavy atom. The van der Waals surface area contributed by atoms with Gasteiger partial charge in [0.25, 0.3) is 0 Å². The van der Waals surface area contributed by atoms with E-state index in [-0.39, 0.29) is 18.5 Å². The van der Waals surface area contributed by atoms with Gasteiger partial charge in [-0.05, 0) is 39.0 Å². The van der Waals surface area contributed by atoms with Crippen LogP contribution in [0.2, 0.25) is 0 Å². The Bertz CT molecular complexity index is 266. The lowest BCUT2D eigenvalue weighted by atomic mass is 10.1. The van der Waals surface area contributed by atoms with E-state index in [2.05, 4.69) is 13.8 Å². The zero-order valence-corrected chi connectivity index (χ0v) is 15.5. The van der Waals surface area contributed by atoms with Crippen LogP contribution in [0.25, 0.3) is 0 Å². The van der Waals surface area contributed by atoms with E-state index in [1.54, 1.807) is 0 Å². The van der Waals surface area contributed by atoms with Crippen LogP contribution in [-0.4, -0.2) is 58.1 Å². The van der Waals surface area contributed by atoms with Crippen molar-refractivity contribution in [1.82, 2.24) is 0 Å². The summed E-state index contributed by atoms with van der Waals surface area (Å²) in [6.07, 6.45) is 3.81. The summed E-state index contributed by atoms with van der Waals surface area (Å²) in [5.74, 6) is 0.850.